The molecule has 0 aromatic rings. The van der Waals surface area contributed by atoms with Crippen molar-refractivity contribution in [3.05, 3.63) is 12.3 Å². The summed E-state index contributed by atoms with van der Waals surface area (Å²) in [5, 5.41) is 1.43. The van der Waals surface area contributed by atoms with Crippen molar-refractivity contribution in [3.63, 3.8) is 0 Å². The average Bonchev–Trinajstić information content (AvgIpc) is 2.31. The van der Waals surface area contributed by atoms with Gasteiger partial charge in [0.05, 0.1) is 13.2 Å². The molecule has 0 aromatic carbocycles. The summed E-state index contributed by atoms with van der Waals surface area (Å²) in [6.07, 6.45) is -10.4. The van der Waals surface area contributed by atoms with Crippen LogP contribution >= 0.6 is 7.60 Å². The highest BCUT2D eigenvalue weighted by Crippen LogP contribution is 2.56. The van der Waals surface area contributed by atoms with Crippen LogP contribution < -0.4 is 5.32 Å². The Kier molecular flexibility index (Phi) is 7.60. The van der Waals surface area contributed by atoms with Crippen LogP contribution in [0, 0.1) is 0 Å². The van der Waals surface area contributed by atoms with E-state index >= 15 is 0 Å². The Morgan fingerprint density at radius 3 is 1.91 bits per heavy atom. The molecular weight excluding hydrogens is 343 g/mol. The molecule has 0 fully saturated rings. The number of ketones is 1. The third-order valence-electron chi connectivity index (χ3n) is 2.01. The number of halogens is 6. The zero-order valence-corrected chi connectivity index (χ0v) is 12.4. The third kappa shape index (κ3) is 6.37. The van der Waals surface area contributed by atoms with Crippen LogP contribution in [0.3, 0.4) is 0 Å². The Balaban J connectivity index is 5.28. The van der Waals surface area contributed by atoms with E-state index in [1.165, 1.54) is 19.2 Å². The molecule has 0 aromatic heterocycles. The minimum atomic E-state index is -5.23. The Bertz CT molecular complexity index is 438. The molecule has 0 saturated carbocycles. The number of allylic oxidation sites excluding steroid dienone is 1. The molecule has 5 nitrogen and oxygen atoms in total. The van der Waals surface area contributed by atoms with Crippen LogP contribution in [-0.2, 0) is 18.4 Å². The highest BCUT2D eigenvalue weighted by atomic mass is 31.2. The lowest BCUT2D eigenvalue weighted by Crippen LogP contribution is -2.40. The summed E-state index contributed by atoms with van der Waals surface area (Å²) < 4.78 is 95.5. The molecule has 0 amide bonds. The van der Waals surface area contributed by atoms with E-state index in [0.29, 0.717) is 0 Å². The fourth-order valence-electron chi connectivity index (χ4n) is 1.22. The smallest absolute Gasteiger partial charge is 0.370 e. The maximum absolute atomic E-state index is 12.9. The van der Waals surface area contributed by atoms with E-state index in [1.54, 1.807) is 0 Å². The van der Waals surface area contributed by atoms with Gasteiger partial charge in [-0.3, -0.25) is 9.36 Å². The molecule has 0 aliphatic rings. The first-order chi connectivity index (χ1) is 9.88. The average molecular weight is 357 g/mol. The van der Waals surface area contributed by atoms with Gasteiger partial charge in [-0.05, 0) is 13.8 Å². The second kappa shape index (κ2) is 7.98. The standard InChI is InChI=1S/C10H14F6NO4P/c1-3-20-22(19,21-4-2)8(10(14,15)16)17-6-5-7(18)9(11,12)13/h5-6,8,17H,3-4H2,1-2H3/b6-5+/t8-/m1/s1. The first-order valence-electron chi connectivity index (χ1n) is 5.87. The quantitative estimate of drug-likeness (QED) is 0.410. The van der Waals surface area contributed by atoms with E-state index in [4.69, 9.17) is 0 Å². The molecule has 0 spiro atoms. The van der Waals surface area contributed by atoms with Crippen LogP contribution in [0.15, 0.2) is 12.3 Å². The first-order valence-corrected chi connectivity index (χ1v) is 7.49. The second-order valence-corrected chi connectivity index (χ2v) is 5.79. The monoisotopic (exact) mass is 357 g/mol. The Labute approximate surface area is 122 Å². The number of carbonyl (C=O) groups is 1. The normalized spacial score (nSPS) is 15.1. The van der Waals surface area contributed by atoms with Crippen LogP contribution in [0.2, 0.25) is 0 Å². The van der Waals surface area contributed by atoms with Crippen LogP contribution in [-0.4, -0.2) is 37.1 Å². The van der Waals surface area contributed by atoms with Crippen molar-refractivity contribution in [2.75, 3.05) is 13.2 Å². The minimum absolute atomic E-state index is 0.110. The van der Waals surface area contributed by atoms with Gasteiger partial charge in [-0.1, -0.05) is 0 Å². The van der Waals surface area contributed by atoms with E-state index in [0.717, 1.165) is 0 Å². The van der Waals surface area contributed by atoms with E-state index < -0.39 is 31.5 Å². The predicted molar refractivity (Wildman–Crippen MR) is 64.0 cm³/mol. The van der Waals surface area contributed by atoms with E-state index in [9.17, 15) is 35.7 Å². The molecule has 22 heavy (non-hydrogen) atoms. The van der Waals surface area contributed by atoms with Crippen LogP contribution in [0.5, 0.6) is 0 Å². The van der Waals surface area contributed by atoms with Gasteiger partial charge in [-0.25, -0.2) is 0 Å². The van der Waals surface area contributed by atoms with Gasteiger partial charge in [-0.15, -0.1) is 0 Å². The van der Waals surface area contributed by atoms with Gasteiger partial charge >= 0.3 is 19.9 Å². The largest absolute Gasteiger partial charge is 0.454 e. The predicted octanol–water partition coefficient (Wildman–Crippen LogP) is 3.38. The molecule has 130 valence electrons. The maximum Gasteiger partial charge on any atom is 0.454 e. The minimum Gasteiger partial charge on any atom is -0.370 e. The summed E-state index contributed by atoms with van der Waals surface area (Å²) in [6, 6.07) is 0. The maximum atomic E-state index is 12.9. The van der Waals surface area contributed by atoms with Crippen molar-refractivity contribution in [2.45, 2.75) is 32.0 Å². The lowest BCUT2D eigenvalue weighted by atomic mass is 10.4. The van der Waals surface area contributed by atoms with Gasteiger partial charge in [0.25, 0.3) is 5.78 Å². The Hall–Kier alpha value is -1.06. The lowest BCUT2D eigenvalue weighted by molar-refractivity contribution is -0.165. The summed E-state index contributed by atoms with van der Waals surface area (Å²) in [6.45, 7) is 1.78. The van der Waals surface area contributed by atoms with Gasteiger partial charge < -0.3 is 14.4 Å². The van der Waals surface area contributed by atoms with Crippen molar-refractivity contribution < 1.29 is 44.7 Å². The number of hydrogen-bond acceptors (Lipinski definition) is 5. The summed E-state index contributed by atoms with van der Waals surface area (Å²) in [4.78, 5) is 10.5. The molecule has 0 saturated heterocycles. The number of nitrogens with one attached hydrogen (secondary N) is 1. The molecule has 0 aliphatic carbocycles. The Morgan fingerprint density at radius 1 is 1.14 bits per heavy atom. The molecule has 0 heterocycles. The van der Waals surface area contributed by atoms with Crippen molar-refractivity contribution in [1.82, 2.24) is 5.32 Å². The summed E-state index contributed by atoms with van der Waals surface area (Å²) in [5.74, 6) is -5.28. The van der Waals surface area contributed by atoms with Gasteiger partial charge in [0.1, 0.15) is 0 Å². The van der Waals surface area contributed by atoms with Gasteiger partial charge in [0.2, 0.25) is 5.78 Å². The van der Waals surface area contributed by atoms with Crippen molar-refractivity contribution in [3.8, 4) is 0 Å². The zero-order chi connectivity index (χ0) is 17.6. The molecule has 0 rings (SSSR count). The molecular formula is C10H14F6NO4P. The molecule has 1 atom stereocenters. The summed E-state index contributed by atoms with van der Waals surface area (Å²) >= 11 is 0. The number of alkyl halides is 6. The third-order valence-corrected chi connectivity index (χ3v) is 4.32. The second-order valence-electron chi connectivity index (χ2n) is 3.68. The lowest BCUT2D eigenvalue weighted by Gasteiger charge is -2.27. The molecule has 0 aliphatic heterocycles. The van der Waals surface area contributed by atoms with Gasteiger partial charge in [-0.2, -0.15) is 26.3 Å². The van der Waals surface area contributed by atoms with E-state index in [2.05, 4.69) is 9.05 Å². The fraction of sp³-hybridized carbons (Fsp3) is 0.700. The molecule has 1 N–H and O–H groups in total. The number of rotatable bonds is 8. The molecule has 0 bridgehead atoms. The molecule has 0 radical (unpaired) electrons. The SMILES string of the molecule is CCOP(=O)(OCC)[C@@H](N/C=C/C(=O)C(F)(F)F)C(F)(F)F. The fourth-order valence-corrected chi connectivity index (χ4v) is 2.94. The van der Waals surface area contributed by atoms with Crippen LogP contribution in [0.25, 0.3) is 0 Å². The first kappa shape index (κ1) is 20.9. The number of carbonyl (C=O) groups excluding carboxylic acids is 1. The van der Waals surface area contributed by atoms with Crippen molar-refractivity contribution in [2.24, 2.45) is 0 Å². The molecule has 0 unspecified atom stereocenters. The van der Waals surface area contributed by atoms with Crippen LogP contribution in [0.4, 0.5) is 26.3 Å². The van der Waals surface area contributed by atoms with E-state index in [-0.39, 0.29) is 25.5 Å². The highest BCUT2D eigenvalue weighted by Gasteiger charge is 2.53. The highest BCUT2D eigenvalue weighted by molar-refractivity contribution is 7.54. The Morgan fingerprint density at radius 2 is 1.59 bits per heavy atom. The molecule has 12 heteroatoms. The van der Waals surface area contributed by atoms with Crippen molar-refractivity contribution >= 4 is 13.4 Å². The van der Waals surface area contributed by atoms with Crippen LogP contribution in [0.1, 0.15) is 13.8 Å². The zero-order valence-electron chi connectivity index (χ0n) is 11.5. The van der Waals surface area contributed by atoms with E-state index in [1.807, 2.05) is 0 Å². The summed E-state index contributed by atoms with van der Waals surface area (Å²) in [5.41, 5.74) is 0. The summed E-state index contributed by atoms with van der Waals surface area (Å²) in [7, 11) is -4.73. The topological polar surface area (TPSA) is 64.6 Å². The number of hydrogen-bond donors (Lipinski definition) is 1. The van der Waals surface area contributed by atoms with Gasteiger partial charge in [0, 0.05) is 12.3 Å². The van der Waals surface area contributed by atoms with Gasteiger partial charge in [0.15, 0.2) is 0 Å². The van der Waals surface area contributed by atoms with Crippen molar-refractivity contribution in [1.29, 1.82) is 0 Å².